The first-order valence-electron chi connectivity index (χ1n) is 12.8. The zero-order chi connectivity index (χ0) is 26.5. The summed E-state index contributed by atoms with van der Waals surface area (Å²) in [5.41, 5.74) is 0.716. The summed E-state index contributed by atoms with van der Waals surface area (Å²) < 4.78 is 26.6. The molecule has 1 aromatic heterocycles. The van der Waals surface area contributed by atoms with Crippen LogP contribution in [0.15, 0.2) is 61.2 Å². The highest BCUT2D eigenvalue weighted by Gasteiger charge is 2.45. The zero-order valence-electron chi connectivity index (χ0n) is 21.6. The molecule has 0 radical (unpaired) electrons. The number of benzene rings is 2. The third-order valence-corrected chi connectivity index (χ3v) is 8.36. The summed E-state index contributed by atoms with van der Waals surface area (Å²) in [6.45, 7) is 9.52. The van der Waals surface area contributed by atoms with Crippen LogP contribution in [0.3, 0.4) is 0 Å². The van der Waals surface area contributed by atoms with Crippen molar-refractivity contribution >= 4 is 35.0 Å². The van der Waals surface area contributed by atoms with E-state index in [4.69, 9.17) is 42.1 Å². The second kappa shape index (κ2) is 12.5. The van der Waals surface area contributed by atoms with Gasteiger partial charge in [-0.25, -0.2) is 4.98 Å². The number of ether oxygens (including phenoxy) is 4. The molecule has 0 amide bonds. The normalized spacial score (nSPS) is 25.9. The van der Waals surface area contributed by atoms with Crippen molar-refractivity contribution in [3.05, 3.63) is 76.8 Å². The van der Waals surface area contributed by atoms with Crippen molar-refractivity contribution in [1.82, 2.24) is 14.5 Å². The van der Waals surface area contributed by atoms with Crippen molar-refractivity contribution in [3.8, 4) is 11.5 Å². The average molecular weight is 579 g/mol. The van der Waals surface area contributed by atoms with E-state index in [0.29, 0.717) is 52.5 Å². The molecule has 204 valence electrons. The molecule has 3 heterocycles. The molecular weight excluding hydrogens is 545 g/mol. The second-order valence-corrected chi connectivity index (χ2v) is 12.5. The summed E-state index contributed by atoms with van der Waals surface area (Å²) in [6, 6.07) is 13.0. The zero-order valence-corrected chi connectivity index (χ0v) is 23.9. The number of thioether (sulfide) groups is 1. The largest absolute Gasteiger partial charge is 0.492 e. The van der Waals surface area contributed by atoms with E-state index in [2.05, 4.69) is 35.5 Å². The predicted molar refractivity (Wildman–Crippen MR) is 152 cm³/mol. The summed E-state index contributed by atoms with van der Waals surface area (Å²) in [7, 11) is 0. The molecule has 0 saturated carbocycles. The van der Waals surface area contributed by atoms with Gasteiger partial charge in [-0.15, -0.1) is 0 Å². The number of nitrogens with zero attached hydrogens (tertiary/aromatic N) is 3. The lowest BCUT2D eigenvalue weighted by molar-refractivity contribution is -0.189. The van der Waals surface area contributed by atoms with Crippen LogP contribution < -0.4 is 9.47 Å². The van der Waals surface area contributed by atoms with E-state index in [9.17, 15) is 0 Å². The molecule has 2 aliphatic heterocycles. The van der Waals surface area contributed by atoms with Crippen LogP contribution in [-0.2, 0) is 21.8 Å². The van der Waals surface area contributed by atoms with E-state index in [1.807, 2.05) is 41.1 Å². The van der Waals surface area contributed by atoms with Crippen LogP contribution in [0.25, 0.3) is 0 Å². The highest BCUT2D eigenvalue weighted by Crippen LogP contribution is 2.40. The number of imidazole rings is 1. The molecule has 10 heteroatoms. The van der Waals surface area contributed by atoms with Crippen molar-refractivity contribution < 1.29 is 18.9 Å². The van der Waals surface area contributed by atoms with E-state index >= 15 is 0 Å². The van der Waals surface area contributed by atoms with E-state index in [1.165, 1.54) is 0 Å². The number of hydrogen-bond acceptors (Lipinski definition) is 7. The molecule has 4 atom stereocenters. The Hall–Kier alpha value is -1.94. The first-order chi connectivity index (χ1) is 18.4. The van der Waals surface area contributed by atoms with Gasteiger partial charge in [0.1, 0.15) is 30.8 Å². The van der Waals surface area contributed by atoms with Crippen LogP contribution in [0.5, 0.6) is 11.5 Å². The van der Waals surface area contributed by atoms with Crippen LogP contribution in [-0.4, -0.2) is 70.5 Å². The van der Waals surface area contributed by atoms with Crippen molar-refractivity contribution in [1.29, 1.82) is 0 Å². The predicted octanol–water partition coefficient (Wildman–Crippen LogP) is 5.74. The van der Waals surface area contributed by atoms with Crippen molar-refractivity contribution in [2.45, 2.75) is 42.8 Å². The number of rotatable bonds is 10. The number of aromatic nitrogens is 2. The van der Waals surface area contributed by atoms with Crippen LogP contribution >= 0.6 is 35.0 Å². The van der Waals surface area contributed by atoms with Crippen LogP contribution in [0.1, 0.15) is 19.4 Å². The molecule has 2 aromatic carbocycles. The maximum absolute atomic E-state index is 6.55. The standard InChI is InChI=1S/C28H33Cl2N3O4S/c1-20-14-32(15-21(2)38-20)11-12-34-23-4-6-24(7-5-23)35-16-25-17-36-28(37-25,18-33-10-9-31-19-33)26-8-3-22(29)13-27(26)30/h3-10,13,19-21,25H,11-12,14-18H2,1-2H3. The van der Waals surface area contributed by atoms with Gasteiger partial charge in [0.2, 0.25) is 5.79 Å². The van der Waals surface area contributed by atoms with Gasteiger partial charge in [0.15, 0.2) is 0 Å². The molecule has 2 saturated heterocycles. The molecule has 0 N–H and O–H groups in total. The van der Waals surface area contributed by atoms with Gasteiger partial charge in [-0.2, -0.15) is 11.8 Å². The van der Waals surface area contributed by atoms with Crippen LogP contribution in [0.4, 0.5) is 0 Å². The minimum atomic E-state index is -1.07. The summed E-state index contributed by atoms with van der Waals surface area (Å²) >= 11 is 14.7. The molecular formula is C28H33Cl2N3O4S. The maximum atomic E-state index is 6.55. The molecule has 0 aliphatic carbocycles. The Labute approximate surface area is 238 Å². The molecule has 2 aliphatic rings. The minimum absolute atomic E-state index is 0.284. The van der Waals surface area contributed by atoms with Gasteiger partial charge in [-0.3, -0.25) is 4.90 Å². The van der Waals surface area contributed by atoms with E-state index in [-0.39, 0.29) is 6.10 Å². The minimum Gasteiger partial charge on any atom is -0.492 e. The Morgan fingerprint density at radius 1 is 1.05 bits per heavy atom. The fourth-order valence-corrected chi connectivity index (χ4v) is 6.90. The Morgan fingerprint density at radius 2 is 1.79 bits per heavy atom. The lowest BCUT2D eigenvalue weighted by Crippen LogP contribution is -2.42. The lowest BCUT2D eigenvalue weighted by Gasteiger charge is -2.34. The maximum Gasteiger partial charge on any atom is 0.215 e. The quantitative estimate of drug-likeness (QED) is 0.304. The van der Waals surface area contributed by atoms with Gasteiger partial charge in [-0.05, 0) is 36.4 Å². The fourth-order valence-electron chi connectivity index (χ4n) is 4.96. The molecule has 5 rings (SSSR count). The summed E-state index contributed by atoms with van der Waals surface area (Å²) in [5, 5.41) is 2.38. The first kappa shape index (κ1) is 27.6. The van der Waals surface area contributed by atoms with Crippen LogP contribution in [0, 0.1) is 0 Å². The Balaban J connectivity index is 1.14. The molecule has 7 nitrogen and oxygen atoms in total. The Kier molecular flexibility index (Phi) is 9.08. The Bertz CT molecular complexity index is 1170. The monoisotopic (exact) mass is 577 g/mol. The molecule has 38 heavy (non-hydrogen) atoms. The number of hydrogen-bond donors (Lipinski definition) is 0. The molecule has 3 aromatic rings. The smallest absolute Gasteiger partial charge is 0.215 e. The van der Waals surface area contributed by atoms with E-state index in [0.717, 1.165) is 31.1 Å². The van der Waals surface area contributed by atoms with Gasteiger partial charge < -0.3 is 23.5 Å². The lowest BCUT2D eigenvalue weighted by atomic mass is 10.1. The molecule has 4 unspecified atom stereocenters. The highest BCUT2D eigenvalue weighted by atomic mass is 35.5. The highest BCUT2D eigenvalue weighted by molar-refractivity contribution is 8.00. The Morgan fingerprint density at radius 3 is 2.47 bits per heavy atom. The van der Waals surface area contributed by atoms with E-state index < -0.39 is 5.79 Å². The average Bonchev–Trinajstić information content (AvgIpc) is 3.54. The number of halogens is 2. The van der Waals surface area contributed by atoms with Crippen molar-refractivity contribution in [2.24, 2.45) is 0 Å². The van der Waals surface area contributed by atoms with E-state index in [1.54, 1.807) is 24.7 Å². The second-order valence-electron chi connectivity index (χ2n) is 9.81. The summed E-state index contributed by atoms with van der Waals surface area (Å²) in [5.74, 6) is 0.506. The fraction of sp³-hybridized carbons (Fsp3) is 0.464. The summed E-state index contributed by atoms with van der Waals surface area (Å²) in [6.07, 6.45) is 5.01. The summed E-state index contributed by atoms with van der Waals surface area (Å²) in [4.78, 5) is 6.62. The van der Waals surface area contributed by atoms with Gasteiger partial charge >= 0.3 is 0 Å². The van der Waals surface area contributed by atoms with Gasteiger partial charge in [0, 0.05) is 53.1 Å². The molecule has 2 fully saturated rings. The third kappa shape index (κ3) is 6.97. The molecule has 0 spiro atoms. The van der Waals surface area contributed by atoms with Gasteiger partial charge in [0.25, 0.3) is 0 Å². The topological polar surface area (TPSA) is 58.0 Å². The van der Waals surface area contributed by atoms with Crippen molar-refractivity contribution in [3.63, 3.8) is 0 Å². The first-order valence-corrected chi connectivity index (χ1v) is 14.5. The van der Waals surface area contributed by atoms with Gasteiger partial charge in [0.05, 0.1) is 24.5 Å². The van der Waals surface area contributed by atoms with Gasteiger partial charge in [-0.1, -0.05) is 43.1 Å². The van der Waals surface area contributed by atoms with Crippen molar-refractivity contribution in [2.75, 3.05) is 39.5 Å². The third-order valence-electron chi connectivity index (χ3n) is 6.58. The molecule has 0 bridgehead atoms. The van der Waals surface area contributed by atoms with Crippen LogP contribution in [0.2, 0.25) is 10.0 Å². The SMILES string of the molecule is CC1CN(CCOc2ccc(OCC3COC(Cn4ccnc4)(c4ccc(Cl)cc4Cl)O3)cc2)CC(C)S1.